The Bertz CT molecular complexity index is 891. The van der Waals surface area contributed by atoms with Crippen LogP contribution in [0.4, 0.5) is 30.4 Å². The number of halogens is 7. The van der Waals surface area contributed by atoms with E-state index in [-0.39, 0.29) is 30.6 Å². The molecule has 13 heteroatoms. The Kier molecular flexibility index (Phi) is 13.4. The first kappa shape index (κ1) is 32.2. The SMILES string of the molecule is C=C[C@H](c1ccccc1)[C@@H](CCCC(=O)OC)C(CC(=O)OCC(F)(F)F)=[N+]1CCCC1.F[B-](F)(F)F. The largest absolute Gasteiger partial charge is 0.673 e. The molecular weight excluding hydrogens is 510 g/mol. The van der Waals surface area contributed by atoms with Gasteiger partial charge in [0.1, 0.15) is 19.5 Å². The molecule has 0 aromatic heterocycles. The topological polar surface area (TPSA) is 55.6 Å². The summed E-state index contributed by atoms with van der Waals surface area (Å²) in [7, 11) is -4.67. The minimum atomic E-state index is -6.00. The summed E-state index contributed by atoms with van der Waals surface area (Å²) in [4.78, 5) is 24.0. The lowest BCUT2D eigenvalue weighted by Crippen LogP contribution is -2.33. The van der Waals surface area contributed by atoms with E-state index in [9.17, 15) is 40.0 Å². The lowest BCUT2D eigenvalue weighted by Gasteiger charge is -2.25. The summed E-state index contributed by atoms with van der Waals surface area (Å²) in [5.74, 6) is -1.61. The molecule has 0 aliphatic carbocycles. The first-order chi connectivity index (χ1) is 17.2. The molecule has 2 atom stereocenters. The fourth-order valence-electron chi connectivity index (χ4n) is 4.17. The minimum absolute atomic E-state index is 0.167. The number of methoxy groups -OCH3 is 1. The lowest BCUT2D eigenvalue weighted by atomic mass is 9.78. The van der Waals surface area contributed by atoms with Crippen LogP contribution in [0.5, 0.6) is 0 Å². The second-order valence-corrected chi connectivity index (χ2v) is 8.38. The van der Waals surface area contributed by atoms with Crippen molar-refractivity contribution in [2.45, 2.75) is 50.6 Å². The van der Waals surface area contributed by atoms with E-state index in [1.54, 1.807) is 6.08 Å². The molecule has 1 aromatic carbocycles. The lowest BCUT2D eigenvalue weighted by molar-refractivity contribution is -0.509. The van der Waals surface area contributed by atoms with Gasteiger partial charge in [-0.25, -0.2) is 4.58 Å². The van der Waals surface area contributed by atoms with Crippen molar-refractivity contribution in [2.75, 3.05) is 26.8 Å². The number of allylic oxidation sites excluding steroid dienone is 1. The van der Waals surface area contributed by atoms with Crippen LogP contribution in [0.25, 0.3) is 0 Å². The van der Waals surface area contributed by atoms with E-state index in [4.69, 9.17) is 4.74 Å². The molecular formula is C24H31BF7NO4. The van der Waals surface area contributed by atoms with Gasteiger partial charge in [0, 0.05) is 31.1 Å². The van der Waals surface area contributed by atoms with Crippen molar-refractivity contribution in [1.82, 2.24) is 0 Å². The van der Waals surface area contributed by atoms with Gasteiger partial charge in [-0.05, 0) is 18.4 Å². The molecule has 5 nitrogen and oxygen atoms in total. The molecule has 0 saturated carbocycles. The van der Waals surface area contributed by atoms with E-state index in [1.807, 2.05) is 30.3 Å². The van der Waals surface area contributed by atoms with Gasteiger partial charge in [-0.2, -0.15) is 13.2 Å². The van der Waals surface area contributed by atoms with E-state index in [0.29, 0.717) is 12.8 Å². The number of carbonyl (C=O) groups excluding carboxylic acids is 2. The third-order valence-corrected chi connectivity index (χ3v) is 5.66. The van der Waals surface area contributed by atoms with Crippen LogP contribution in [0.3, 0.4) is 0 Å². The molecule has 1 aromatic rings. The number of hydrogen-bond donors (Lipinski definition) is 0. The Morgan fingerprint density at radius 3 is 2.14 bits per heavy atom. The molecule has 1 fully saturated rings. The van der Waals surface area contributed by atoms with E-state index >= 15 is 0 Å². The number of hydrogen-bond acceptors (Lipinski definition) is 4. The van der Waals surface area contributed by atoms with Crippen molar-refractivity contribution in [3.63, 3.8) is 0 Å². The summed E-state index contributed by atoms with van der Waals surface area (Å²) in [5.41, 5.74) is 1.74. The molecule has 1 aliphatic heterocycles. The zero-order valence-corrected chi connectivity index (χ0v) is 20.5. The monoisotopic (exact) mass is 541 g/mol. The number of nitrogens with zero attached hydrogens (tertiary/aromatic N) is 1. The maximum absolute atomic E-state index is 12.5. The van der Waals surface area contributed by atoms with Crippen molar-refractivity contribution < 1.29 is 54.1 Å². The molecule has 2 rings (SSSR count). The highest BCUT2D eigenvalue weighted by atomic mass is 19.5. The van der Waals surface area contributed by atoms with Crippen LogP contribution in [0.2, 0.25) is 0 Å². The molecule has 1 heterocycles. The fourth-order valence-corrected chi connectivity index (χ4v) is 4.17. The van der Waals surface area contributed by atoms with Gasteiger partial charge >= 0.3 is 25.4 Å². The summed E-state index contributed by atoms with van der Waals surface area (Å²) in [6.45, 7) is 3.84. The van der Waals surface area contributed by atoms with Crippen LogP contribution in [0.1, 0.15) is 50.0 Å². The molecule has 0 N–H and O–H groups in total. The second-order valence-electron chi connectivity index (χ2n) is 8.38. The Morgan fingerprint density at radius 1 is 1.08 bits per heavy atom. The zero-order chi connectivity index (χ0) is 28.1. The first-order valence-corrected chi connectivity index (χ1v) is 11.7. The summed E-state index contributed by atoms with van der Waals surface area (Å²) >= 11 is 0. The summed E-state index contributed by atoms with van der Waals surface area (Å²) < 4.78 is 88.0. The van der Waals surface area contributed by atoms with Gasteiger partial charge in [-0.15, -0.1) is 6.58 Å². The van der Waals surface area contributed by atoms with Crippen LogP contribution in [0, 0.1) is 5.92 Å². The van der Waals surface area contributed by atoms with Crippen LogP contribution >= 0.6 is 0 Å². The predicted molar refractivity (Wildman–Crippen MR) is 125 cm³/mol. The van der Waals surface area contributed by atoms with Crippen molar-refractivity contribution in [3.05, 3.63) is 48.6 Å². The third kappa shape index (κ3) is 13.9. The quantitative estimate of drug-likeness (QED) is 0.114. The number of alkyl halides is 3. The Morgan fingerprint density at radius 2 is 1.65 bits per heavy atom. The fraction of sp³-hybridized carbons (Fsp3) is 0.542. The average Bonchev–Trinajstić information content (AvgIpc) is 3.34. The highest BCUT2D eigenvalue weighted by Crippen LogP contribution is 2.33. The van der Waals surface area contributed by atoms with Gasteiger partial charge in [0.2, 0.25) is 0 Å². The summed E-state index contributed by atoms with van der Waals surface area (Å²) in [5, 5.41) is 0. The van der Waals surface area contributed by atoms with E-state index in [0.717, 1.165) is 37.2 Å². The van der Waals surface area contributed by atoms with Gasteiger partial charge in [0.05, 0.1) is 7.11 Å². The number of ether oxygens (including phenoxy) is 2. The average molecular weight is 541 g/mol. The standard InChI is InChI=1S/C24H31F3NO4.BF4/c1-3-19(18-10-5-4-6-11-18)20(12-9-13-22(29)31-2)21(28-14-7-8-15-28)16-23(30)32-17-24(25,26)27;2-1(3,4)5/h3-6,10-11,19-20H,1,7-9,12-17H2,2H3;/q+1;-1/t19-,20-;/m1./s1. The smallest absolute Gasteiger partial charge is 0.469 e. The van der Waals surface area contributed by atoms with Crippen molar-refractivity contribution in [3.8, 4) is 0 Å². The second kappa shape index (κ2) is 15.4. The first-order valence-electron chi connectivity index (χ1n) is 11.7. The van der Waals surface area contributed by atoms with Gasteiger partial charge < -0.3 is 26.7 Å². The maximum atomic E-state index is 12.5. The highest BCUT2D eigenvalue weighted by Gasteiger charge is 2.36. The molecule has 0 unspecified atom stereocenters. The molecule has 0 radical (unpaired) electrons. The number of carbonyl (C=O) groups is 2. The maximum Gasteiger partial charge on any atom is 0.673 e. The Labute approximate surface area is 211 Å². The van der Waals surface area contributed by atoms with Crippen molar-refractivity contribution in [1.29, 1.82) is 0 Å². The normalized spacial score (nSPS) is 15.2. The molecule has 208 valence electrons. The molecule has 1 aliphatic rings. The highest BCUT2D eigenvalue weighted by molar-refractivity contribution is 6.50. The predicted octanol–water partition coefficient (Wildman–Crippen LogP) is 5.96. The zero-order valence-electron chi connectivity index (χ0n) is 20.5. The van der Waals surface area contributed by atoms with Gasteiger partial charge in [-0.1, -0.05) is 36.4 Å². The molecule has 0 bridgehead atoms. The molecule has 1 saturated heterocycles. The summed E-state index contributed by atoms with van der Waals surface area (Å²) in [6, 6.07) is 9.64. The van der Waals surface area contributed by atoms with E-state index < -0.39 is 26.0 Å². The van der Waals surface area contributed by atoms with Gasteiger partial charge in [0.25, 0.3) is 0 Å². The van der Waals surface area contributed by atoms with Crippen LogP contribution < -0.4 is 0 Å². The molecule has 0 amide bonds. The molecule has 37 heavy (non-hydrogen) atoms. The number of rotatable bonds is 11. The van der Waals surface area contributed by atoms with Crippen LogP contribution in [-0.2, 0) is 19.1 Å². The molecule has 0 spiro atoms. The van der Waals surface area contributed by atoms with Crippen molar-refractivity contribution >= 4 is 24.9 Å². The van der Waals surface area contributed by atoms with E-state index in [2.05, 4.69) is 15.9 Å². The van der Waals surface area contributed by atoms with Gasteiger partial charge in [0.15, 0.2) is 12.3 Å². The number of esters is 2. The van der Waals surface area contributed by atoms with Gasteiger partial charge in [-0.3, -0.25) is 9.59 Å². The van der Waals surface area contributed by atoms with Crippen LogP contribution in [-0.4, -0.2) is 62.5 Å². The number of benzene rings is 1. The Balaban J connectivity index is 0.00000124. The van der Waals surface area contributed by atoms with E-state index in [1.165, 1.54) is 7.11 Å². The van der Waals surface area contributed by atoms with Crippen LogP contribution in [0.15, 0.2) is 43.0 Å². The Hall–Kier alpha value is -2.86. The summed E-state index contributed by atoms with van der Waals surface area (Å²) in [6.07, 6.45) is 0.183. The third-order valence-electron chi connectivity index (χ3n) is 5.66. The minimum Gasteiger partial charge on any atom is -0.469 e. The van der Waals surface area contributed by atoms with Crippen molar-refractivity contribution in [2.24, 2.45) is 5.92 Å².